The molecule has 0 atom stereocenters. The summed E-state index contributed by atoms with van der Waals surface area (Å²) in [5.41, 5.74) is 3.47. The topological polar surface area (TPSA) is 71.9 Å². The van der Waals surface area contributed by atoms with Crippen molar-refractivity contribution in [2.75, 3.05) is 0 Å². The van der Waals surface area contributed by atoms with Gasteiger partial charge in [-0.3, -0.25) is 4.57 Å². The Labute approximate surface area is 146 Å². The standard InChI is InChI=1S/C19H20N2O3S/c1-13-4-8-16(9-5-13)21-15(3)18(20-19(21)22)12-25(23,24)17-10-6-14(2)7-11-17/h4-11H,12H2,1-3H3,(H,20,22). The van der Waals surface area contributed by atoms with E-state index in [-0.39, 0.29) is 16.3 Å². The highest BCUT2D eigenvalue weighted by molar-refractivity contribution is 7.90. The minimum absolute atomic E-state index is 0.240. The summed E-state index contributed by atoms with van der Waals surface area (Å²) in [6, 6.07) is 14.2. The van der Waals surface area contributed by atoms with Crippen LogP contribution < -0.4 is 5.69 Å². The van der Waals surface area contributed by atoms with Crippen LogP contribution in [-0.2, 0) is 15.6 Å². The molecule has 2 aromatic carbocycles. The van der Waals surface area contributed by atoms with E-state index in [4.69, 9.17) is 0 Å². The third-order valence-corrected chi connectivity index (χ3v) is 5.90. The molecule has 0 amide bonds. The maximum absolute atomic E-state index is 12.6. The summed E-state index contributed by atoms with van der Waals surface area (Å²) in [5, 5.41) is 0. The maximum atomic E-state index is 12.6. The van der Waals surface area contributed by atoms with E-state index in [0.717, 1.165) is 11.1 Å². The smallest absolute Gasteiger partial charge is 0.308 e. The number of hydrogen-bond acceptors (Lipinski definition) is 3. The number of nitrogens with one attached hydrogen (secondary N) is 1. The van der Waals surface area contributed by atoms with Crippen molar-refractivity contribution in [2.24, 2.45) is 0 Å². The molecule has 0 spiro atoms. The molecule has 0 aliphatic carbocycles. The minimum Gasteiger partial charge on any atom is -0.308 e. The predicted octanol–water partition coefficient (Wildman–Crippen LogP) is 3.06. The summed E-state index contributed by atoms with van der Waals surface area (Å²) >= 11 is 0. The van der Waals surface area contributed by atoms with Crippen LogP contribution in [-0.4, -0.2) is 18.0 Å². The molecule has 3 aromatic rings. The van der Waals surface area contributed by atoms with Crippen LogP contribution >= 0.6 is 0 Å². The van der Waals surface area contributed by atoms with Crippen LogP contribution in [0.3, 0.4) is 0 Å². The third kappa shape index (κ3) is 3.44. The van der Waals surface area contributed by atoms with Gasteiger partial charge in [0.05, 0.1) is 22.0 Å². The van der Waals surface area contributed by atoms with Crippen molar-refractivity contribution in [3.63, 3.8) is 0 Å². The Morgan fingerprint density at radius 3 is 1.96 bits per heavy atom. The molecule has 1 heterocycles. The number of sulfone groups is 1. The van der Waals surface area contributed by atoms with Gasteiger partial charge in [-0.2, -0.15) is 0 Å². The summed E-state index contributed by atoms with van der Waals surface area (Å²) in [5.74, 6) is -0.240. The first-order valence-corrected chi connectivity index (χ1v) is 9.60. The highest BCUT2D eigenvalue weighted by Crippen LogP contribution is 2.19. The zero-order chi connectivity index (χ0) is 18.2. The van der Waals surface area contributed by atoms with Gasteiger partial charge in [-0.05, 0) is 45.0 Å². The van der Waals surface area contributed by atoms with Crippen LogP contribution in [0.5, 0.6) is 0 Å². The van der Waals surface area contributed by atoms with Crippen molar-refractivity contribution in [3.8, 4) is 5.69 Å². The molecule has 0 aliphatic heterocycles. The van der Waals surface area contributed by atoms with Gasteiger partial charge >= 0.3 is 5.69 Å². The van der Waals surface area contributed by atoms with Gasteiger partial charge in [0.2, 0.25) is 0 Å². The monoisotopic (exact) mass is 356 g/mol. The number of hydrogen-bond donors (Lipinski definition) is 1. The number of imidazole rings is 1. The summed E-state index contributed by atoms with van der Waals surface area (Å²) in [6.07, 6.45) is 0. The van der Waals surface area contributed by atoms with Crippen LogP contribution in [0.2, 0.25) is 0 Å². The lowest BCUT2D eigenvalue weighted by Gasteiger charge is -2.07. The third-order valence-electron chi connectivity index (χ3n) is 4.24. The Balaban J connectivity index is 1.99. The SMILES string of the molecule is Cc1ccc(-n2c(C)c(CS(=O)(=O)c3ccc(C)cc3)[nH]c2=O)cc1. The van der Waals surface area contributed by atoms with Crippen molar-refractivity contribution in [2.45, 2.75) is 31.4 Å². The first-order chi connectivity index (χ1) is 11.8. The molecule has 0 radical (unpaired) electrons. The van der Waals surface area contributed by atoms with Crippen LogP contribution in [0.4, 0.5) is 0 Å². The van der Waals surface area contributed by atoms with Gasteiger partial charge in [-0.15, -0.1) is 0 Å². The molecular formula is C19H20N2O3S. The molecule has 0 saturated carbocycles. The lowest BCUT2D eigenvalue weighted by atomic mass is 10.2. The van der Waals surface area contributed by atoms with E-state index in [2.05, 4.69) is 4.98 Å². The van der Waals surface area contributed by atoms with E-state index in [1.54, 1.807) is 31.2 Å². The fourth-order valence-electron chi connectivity index (χ4n) is 2.73. The second-order valence-electron chi connectivity index (χ2n) is 6.24. The minimum atomic E-state index is -3.53. The number of nitrogens with zero attached hydrogens (tertiary/aromatic N) is 1. The first kappa shape index (κ1) is 17.2. The Morgan fingerprint density at radius 2 is 1.40 bits per heavy atom. The molecule has 130 valence electrons. The van der Waals surface area contributed by atoms with Crippen LogP contribution in [0.1, 0.15) is 22.5 Å². The van der Waals surface area contributed by atoms with E-state index in [1.807, 2.05) is 38.1 Å². The fourth-order valence-corrected chi connectivity index (χ4v) is 4.11. The number of rotatable bonds is 4. The van der Waals surface area contributed by atoms with Crippen LogP contribution in [0, 0.1) is 20.8 Å². The number of aryl methyl sites for hydroxylation is 2. The lowest BCUT2D eigenvalue weighted by molar-refractivity contribution is 0.594. The van der Waals surface area contributed by atoms with Gasteiger partial charge < -0.3 is 4.98 Å². The Morgan fingerprint density at radius 1 is 0.880 bits per heavy atom. The maximum Gasteiger partial charge on any atom is 0.330 e. The molecular weight excluding hydrogens is 336 g/mol. The van der Waals surface area contributed by atoms with Crippen molar-refractivity contribution in [3.05, 3.63) is 81.5 Å². The molecule has 0 bridgehead atoms. The number of aromatic nitrogens is 2. The summed E-state index contributed by atoms with van der Waals surface area (Å²) < 4.78 is 26.8. The number of H-pyrrole nitrogens is 1. The van der Waals surface area contributed by atoms with Crippen molar-refractivity contribution >= 4 is 9.84 Å². The molecule has 5 nitrogen and oxygen atoms in total. The van der Waals surface area contributed by atoms with E-state index < -0.39 is 9.84 Å². The predicted molar refractivity (Wildman–Crippen MR) is 97.9 cm³/mol. The second kappa shape index (κ2) is 6.37. The van der Waals surface area contributed by atoms with E-state index in [0.29, 0.717) is 17.1 Å². The van der Waals surface area contributed by atoms with E-state index in [1.165, 1.54) is 4.57 Å². The average molecular weight is 356 g/mol. The van der Waals surface area contributed by atoms with Crippen molar-refractivity contribution < 1.29 is 8.42 Å². The van der Waals surface area contributed by atoms with Crippen molar-refractivity contribution in [1.82, 2.24) is 9.55 Å². The van der Waals surface area contributed by atoms with Gasteiger partial charge in [0.25, 0.3) is 0 Å². The fraction of sp³-hybridized carbons (Fsp3) is 0.211. The summed E-state index contributed by atoms with van der Waals surface area (Å²) in [4.78, 5) is 15.3. The molecule has 1 N–H and O–H groups in total. The Bertz CT molecular complexity index is 1060. The molecule has 6 heteroatoms. The molecule has 1 aromatic heterocycles. The van der Waals surface area contributed by atoms with Gasteiger partial charge in [0.1, 0.15) is 0 Å². The van der Waals surface area contributed by atoms with Crippen molar-refractivity contribution in [1.29, 1.82) is 0 Å². The highest BCUT2D eigenvalue weighted by Gasteiger charge is 2.20. The van der Waals surface area contributed by atoms with Gasteiger partial charge in [-0.25, -0.2) is 13.2 Å². The lowest BCUT2D eigenvalue weighted by Crippen LogP contribution is -2.15. The second-order valence-corrected chi connectivity index (χ2v) is 8.23. The molecule has 0 unspecified atom stereocenters. The zero-order valence-electron chi connectivity index (χ0n) is 14.4. The largest absolute Gasteiger partial charge is 0.330 e. The van der Waals surface area contributed by atoms with E-state index >= 15 is 0 Å². The Kier molecular flexibility index (Phi) is 4.39. The first-order valence-electron chi connectivity index (χ1n) is 7.95. The van der Waals surface area contributed by atoms with E-state index in [9.17, 15) is 13.2 Å². The van der Waals surface area contributed by atoms with Gasteiger partial charge in [0, 0.05) is 5.69 Å². The van der Waals surface area contributed by atoms with Crippen LogP contribution in [0.25, 0.3) is 5.69 Å². The Hall–Kier alpha value is -2.60. The normalized spacial score (nSPS) is 11.6. The molecule has 0 aliphatic rings. The summed E-state index contributed by atoms with van der Waals surface area (Å²) in [7, 11) is -3.53. The van der Waals surface area contributed by atoms with Gasteiger partial charge in [0.15, 0.2) is 9.84 Å². The number of aromatic amines is 1. The molecule has 0 fully saturated rings. The number of benzene rings is 2. The highest BCUT2D eigenvalue weighted by atomic mass is 32.2. The van der Waals surface area contributed by atoms with Crippen LogP contribution in [0.15, 0.2) is 58.2 Å². The zero-order valence-corrected chi connectivity index (χ0v) is 15.2. The van der Waals surface area contributed by atoms with Gasteiger partial charge in [-0.1, -0.05) is 35.4 Å². The quantitative estimate of drug-likeness (QED) is 0.781. The summed E-state index contributed by atoms with van der Waals surface area (Å²) in [6.45, 7) is 5.62. The average Bonchev–Trinajstić information content (AvgIpc) is 2.82. The molecule has 3 rings (SSSR count). The molecule has 25 heavy (non-hydrogen) atoms. The molecule has 0 saturated heterocycles.